The van der Waals surface area contributed by atoms with Crippen molar-refractivity contribution < 1.29 is 22.3 Å². The smallest absolute Gasteiger partial charge is 0.407 e. The van der Waals surface area contributed by atoms with Gasteiger partial charge in [0.1, 0.15) is 11.9 Å². The summed E-state index contributed by atoms with van der Waals surface area (Å²) in [5, 5.41) is 7.05. The van der Waals surface area contributed by atoms with Crippen LogP contribution in [0.4, 0.5) is 14.9 Å². The molecule has 2 saturated heterocycles. The topological polar surface area (TPSA) is 96.8 Å². The molecule has 3 heterocycles. The van der Waals surface area contributed by atoms with Gasteiger partial charge in [0.25, 0.3) is 0 Å². The molecule has 11 heteroatoms. The van der Waals surface area contributed by atoms with E-state index >= 15 is 0 Å². The highest BCUT2D eigenvalue weighted by Crippen LogP contribution is 2.52. The van der Waals surface area contributed by atoms with E-state index in [1.165, 1.54) is 6.07 Å². The molecule has 4 aliphatic rings. The standard InChI is InChI=1S/C36H46FN5O4S/c1-38-35(43)46-34-8-3-7-33(34)36(25-42-18-4-17-39-42,28-5-2-6-29(37)21-28)27-15-19-40(20-16-27)22-26-23-41(24-26)30-9-11-31(12-10-30)47(44,45)32-13-14-32/h2,4-6,9-12,17-18,21,26-27,32-34H,3,7-8,13-16,19-20,22-25H2,1H3,(H,38,43)/t33-,34-,36?/m0/s1. The molecule has 0 bridgehead atoms. The molecule has 0 radical (unpaired) electrons. The van der Waals surface area contributed by atoms with Gasteiger partial charge in [-0.25, -0.2) is 17.6 Å². The Labute approximate surface area is 277 Å². The van der Waals surface area contributed by atoms with E-state index in [-0.39, 0.29) is 29.0 Å². The number of halogens is 1. The Kier molecular flexibility index (Phi) is 9.04. The van der Waals surface area contributed by atoms with Crippen molar-refractivity contribution in [2.24, 2.45) is 17.8 Å². The highest BCUT2D eigenvalue weighted by atomic mass is 32.2. The summed E-state index contributed by atoms with van der Waals surface area (Å²) in [5.74, 6) is 0.596. The molecule has 2 saturated carbocycles. The molecule has 252 valence electrons. The second-order valence-electron chi connectivity index (χ2n) is 14.1. The third-order valence-electron chi connectivity index (χ3n) is 11.2. The van der Waals surface area contributed by atoms with Crippen LogP contribution < -0.4 is 10.2 Å². The first kappa shape index (κ1) is 32.1. The molecule has 2 aliphatic heterocycles. The number of hydrogen-bond donors (Lipinski definition) is 1. The minimum absolute atomic E-state index is 0.0354. The van der Waals surface area contributed by atoms with Crippen LogP contribution in [0.5, 0.6) is 0 Å². The van der Waals surface area contributed by atoms with Crippen LogP contribution in [0.2, 0.25) is 0 Å². The molecule has 1 amide bonds. The molecular formula is C36H46FN5O4S. The summed E-state index contributed by atoms with van der Waals surface area (Å²) in [6.07, 6.45) is 9.24. The van der Waals surface area contributed by atoms with Gasteiger partial charge in [0.05, 0.1) is 16.7 Å². The summed E-state index contributed by atoms with van der Waals surface area (Å²) in [6, 6.07) is 16.4. The summed E-state index contributed by atoms with van der Waals surface area (Å²) in [7, 11) is -1.58. The first-order chi connectivity index (χ1) is 22.8. The van der Waals surface area contributed by atoms with Crippen molar-refractivity contribution in [2.75, 3.05) is 44.7 Å². The number of alkyl carbamates (subject to hydrolysis) is 1. The average molecular weight is 664 g/mol. The molecule has 2 aromatic carbocycles. The summed E-state index contributed by atoms with van der Waals surface area (Å²) in [4.78, 5) is 17.8. The normalized spacial score (nSPS) is 24.1. The third-order valence-corrected chi connectivity index (χ3v) is 13.5. The van der Waals surface area contributed by atoms with Crippen LogP contribution in [0, 0.1) is 23.6 Å². The van der Waals surface area contributed by atoms with E-state index in [1.54, 1.807) is 31.4 Å². The number of benzene rings is 2. The van der Waals surface area contributed by atoms with E-state index in [0.717, 1.165) is 88.9 Å². The van der Waals surface area contributed by atoms with E-state index in [0.29, 0.717) is 17.4 Å². The zero-order chi connectivity index (χ0) is 32.6. The van der Waals surface area contributed by atoms with Crippen molar-refractivity contribution in [3.8, 4) is 0 Å². The Balaban J connectivity index is 1.05. The maximum atomic E-state index is 14.9. The number of ether oxygens (including phenoxy) is 1. The van der Waals surface area contributed by atoms with E-state index in [4.69, 9.17) is 4.74 Å². The largest absolute Gasteiger partial charge is 0.446 e. The Morgan fingerprint density at radius 1 is 1.02 bits per heavy atom. The lowest BCUT2D eigenvalue weighted by Gasteiger charge is -2.51. The number of aromatic nitrogens is 2. The monoisotopic (exact) mass is 663 g/mol. The maximum Gasteiger partial charge on any atom is 0.407 e. The fraction of sp³-hybridized carbons (Fsp3) is 0.556. The molecule has 3 atom stereocenters. The van der Waals surface area contributed by atoms with Crippen molar-refractivity contribution in [3.05, 3.63) is 78.4 Å². The Morgan fingerprint density at radius 2 is 1.79 bits per heavy atom. The van der Waals surface area contributed by atoms with Gasteiger partial charge in [0.15, 0.2) is 9.84 Å². The van der Waals surface area contributed by atoms with Gasteiger partial charge in [-0.2, -0.15) is 5.10 Å². The van der Waals surface area contributed by atoms with Crippen molar-refractivity contribution in [1.29, 1.82) is 0 Å². The van der Waals surface area contributed by atoms with Crippen molar-refractivity contribution in [1.82, 2.24) is 20.0 Å². The predicted octanol–water partition coefficient (Wildman–Crippen LogP) is 5.27. The van der Waals surface area contributed by atoms with Gasteiger partial charge >= 0.3 is 6.09 Å². The van der Waals surface area contributed by atoms with Gasteiger partial charge < -0.3 is 19.9 Å². The molecule has 1 aromatic heterocycles. The zero-order valence-corrected chi connectivity index (χ0v) is 28.0. The number of amides is 1. The second kappa shape index (κ2) is 13.2. The number of rotatable bonds is 11. The number of piperidine rings is 1. The van der Waals surface area contributed by atoms with Crippen LogP contribution in [0.1, 0.15) is 50.5 Å². The molecule has 47 heavy (non-hydrogen) atoms. The van der Waals surface area contributed by atoms with Crippen LogP contribution in [-0.4, -0.2) is 80.3 Å². The Bertz CT molecular complexity index is 1630. The van der Waals surface area contributed by atoms with E-state index in [2.05, 4.69) is 26.3 Å². The van der Waals surface area contributed by atoms with Gasteiger partial charge in [-0.15, -0.1) is 0 Å². The molecule has 4 fully saturated rings. The SMILES string of the molecule is CNC(=O)O[C@H]1CCC[C@@H]1C(Cn1cccn1)(c1cccc(F)c1)C1CCN(CC2CN(c3ccc(S(=O)(=O)C4CC4)cc3)C2)CC1. The lowest BCUT2D eigenvalue weighted by molar-refractivity contribution is 0.000465. The number of anilines is 1. The number of carbonyl (C=O) groups excluding carboxylic acids is 1. The fourth-order valence-electron chi connectivity index (χ4n) is 8.69. The molecule has 9 nitrogen and oxygen atoms in total. The first-order valence-corrected chi connectivity index (χ1v) is 18.7. The molecule has 0 spiro atoms. The highest BCUT2D eigenvalue weighted by molar-refractivity contribution is 7.92. The number of hydrogen-bond acceptors (Lipinski definition) is 7. The first-order valence-electron chi connectivity index (χ1n) is 17.2. The van der Waals surface area contributed by atoms with E-state index in [1.807, 2.05) is 35.1 Å². The van der Waals surface area contributed by atoms with Crippen molar-refractivity contribution in [2.45, 2.75) is 73.2 Å². The van der Waals surface area contributed by atoms with Crippen molar-refractivity contribution in [3.63, 3.8) is 0 Å². The second-order valence-corrected chi connectivity index (χ2v) is 16.3. The average Bonchev–Trinajstić information content (AvgIpc) is 3.63. The van der Waals surface area contributed by atoms with Crippen LogP contribution in [-0.2, 0) is 26.5 Å². The van der Waals surface area contributed by atoms with Gasteiger partial charge in [0.2, 0.25) is 0 Å². The fourth-order valence-corrected chi connectivity index (χ4v) is 10.3. The van der Waals surface area contributed by atoms with Gasteiger partial charge in [-0.1, -0.05) is 12.1 Å². The van der Waals surface area contributed by atoms with E-state index < -0.39 is 21.3 Å². The number of nitrogens with one attached hydrogen (secondary N) is 1. The summed E-state index contributed by atoms with van der Waals surface area (Å²) < 4.78 is 48.1. The summed E-state index contributed by atoms with van der Waals surface area (Å²) in [6.45, 7) is 5.46. The quantitative estimate of drug-likeness (QED) is 0.299. The van der Waals surface area contributed by atoms with Crippen molar-refractivity contribution >= 4 is 21.6 Å². The summed E-state index contributed by atoms with van der Waals surface area (Å²) in [5.41, 5.74) is 1.59. The van der Waals surface area contributed by atoms with Crippen LogP contribution >= 0.6 is 0 Å². The minimum atomic E-state index is -3.17. The number of likely N-dealkylation sites (tertiary alicyclic amines) is 1. The van der Waals surface area contributed by atoms with Crippen LogP contribution in [0.25, 0.3) is 0 Å². The molecule has 7 rings (SSSR count). The van der Waals surface area contributed by atoms with Gasteiger partial charge in [0, 0.05) is 62.0 Å². The van der Waals surface area contributed by atoms with Crippen LogP contribution in [0.15, 0.2) is 71.9 Å². The molecule has 2 aliphatic carbocycles. The highest BCUT2D eigenvalue weighted by Gasteiger charge is 2.53. The molecular weight excluding hydrogens is 617 g/mol. The molecule has 3 aromatic rings. The van der Waals surface area contributed by atoms with Gasteiger partial charge in [-0.05, 0) is 112 Å². The number of nitrogens with zero attached hydrogens (tertiary/aromatic N) is 4. The van der Waals surface area contributed by atoms with E-state index in [9.17, 15) is 17.6 Å². The predicted molar refractivity (Wildman–Crippen MR) is 178 cm³/mol. The lowest BCUT2D eigenvalue weighted by Crippen LogP contribution is -2.55. The number of carbonyl (C=O) groups is 1. The lowest BCUT2D eigenvalue weighted by atomic mass is 9.58. The third kappa shape index (κ3) is 6.53. The Hall–Kier alpha value is -3.44. The molecule has 1 unspecified atom stereocenters. The summed E-state index contributed by atoms with van der Waals surface area (Å²) >= 11 is 0. The minimum Gasteiger partial charge on any atom is -0.446 e. The van der Waals surface area contributed by atoms with Crippen LogP contribution in [0.3, 0.4) is 0 Å². The van der Waals surface area contributed by atoms with Gasteiger partial charge in [-0.3, -0.25) is 4.68 Å². The molecule has 1 N–H and O–H groups in total. The Morgan fingerprint density at radius 3 is 2.45 bits per heavy atom. The number of sulfone groups is 1. The maximum absolute atomic E-state index is 14.9. The zero-order valence-electron chi connectivity index (χ0n) is 27.1.